The van der Waals surface area contributed by atoms with E-state index >= 15 is 28.8 Å². The maximum Gasteiger partial charge on any atom is 0.273 e. The van der Waals surface area contributed by atoms with Crippen molar-refractivity contribution in [3.05, 3.63) is 12.2 Å². The number of ether oxygens (including phenoxy) is 1. The predicted octanol–water partition coefficient (Wildman–Crippen LogP) is 3.07. The Morgan fingerprint density at radius 1 is 0.484 bits per heavy atom. The largest absolute Gasteiger partial charge is 0.393 e. The smallest absolute Gasteiger partial charge is 0.273 e. The van der Waals surface area contributed by atoms with Crippen molar-refractivity contribution >= 4 is 65.0 Å². The van der Waals surface area contributed by atoms with Gasteiger partial charge in [0.2, 0.25) is 65.3 Å². The standard InChI is InChI=1S/C69H124N12O14/c1-25-27-28-45(15)57(83)56-61(87)72-49(26-2)63(89)80(24)69(95-34-33-81-31-29-48(82)30-32-81)68(94)75(19)51(36-40(5)6)60(86)73-54(43(11)12)66(92)74(18)50(35-39(3)4)59(85)70-46(16)58(84)71-47(17)62(88)76(20)52(37-41(7)8)64(90)77(21)53(38-42(9)10)65(91)78(22)55(44(13)14)67(93)79(56)23/h25,27,39-57,69,82-83H,26,28-38H2,1-24H3,(H,70,85)(H,71,84)(H,72,87)(H,73,86)/b27-25+/t45-,46+,47-,49+,50+,51+,52+,53+,54+,55+,56+,57-,69-/m1/s1. The maximum absolute atomic E-state index is 15.4. The molecule has 11 amide bonds. The molecule has 2 fully saturated rings. The van der Waals surface area contributed by atoms with E-state index in [1.807, 2.05) is 60.3 Å². The van der Waals surface area contributed by atoms with E-state index in [1.165, 1.54) is 87.7 Å². The van der Waals surface area contributed by atoms with Crippen molar-refractivity contribution in [1.82, 2.24) is 60.5 Å². The second-order valence-electron chi connectivity index (χ2n) is 29.1. The Morgan fingerprint density at radius 3 is 1.38 bits per heavy atom. The molecule has 0 unspecified atom stereocenters. The highest BCUT2D eigenvalue weighted by Crippen LogP contribution is 2.26. The second-order valence-corrected chi connectivity index (χ2v) is 29.1. The number of piperidine rings is 1. The van der Waals surface area contributed by atoms with E-state index in [9.17, 15) is 34.2 Å². The lowest BCUT2D eigenvalue weighted by atomic mass is 9.91. The van der Waals surface area contributed by atoms with E-state index in [0.29, 0.717) is 32.5 Å². The van der Waals surface area contributed by atoms with E-state index in [1.54, 1.807) is 60.6 Å². The van der Waals surface area contributed by atoms with Gasteiger partial charge < -0.3 is 75.4 Å². The summed E-state index contributed by atoms with van der Waals surface area (Å²) in [6.45, 7) is 31.1. The van der Waals surface area contributed by atoms with Crippen LogP contribution in [-0.2, 0) is 57.5 Å². The summed E-state index contributed by atoms with van der Waals surface area (Å²) in [4.78, 5) is 174. The molecule has 2 aliphatic rings. The fourth-order valence-corrected chi connectivity index (χ4v) is 12.3. The van der Waals surface area contributed by atoms with Gasteiger partial charge in [0, 0.05) is 69.0 Å². The summed E-state index contributed by atoms with van der Waals surface area (Å²) >= 11 is 0. The minimum Gasteiger partial charge on any atom is -0.393 e. The number of aliphatic hydroxyl groups is 2. The van der Waals surface area contributed by atoms with Crippen molar-refractivity contribution in [1.29, 1.82) is 0 Å². The highest BCUT2D eigenvalue weighted by Gasteiger charge is 2.47. The van der Waals surface area contributed by atoms with Crippen LogP contribution in [-0.4, -0.2) is 269 Å². The van der Waals surface area contributed by atoms with Gasteiger partial charge in [0.15, 0.2) is 0 Å². The zero-order valence-electron chi connectivity index (χ0n) is 62.1. The third-order valence-corrected chi connectivity index (χ3v) is 18.4. The fourth-order valence-electron chi connectivity index (χ4n) is 12.3. The van der Waals surface area contributed by atoms with Gasteiger partial charge in [0.25, 0.3) is 5.91 Å². The molecule has 13 atom stereocenters. The molecule has 2 rings (SSSR count). The number of hydrogen-bond donors (Lipinski definition) is 6. The van der Waals surface area contributed by atoms with Crippen LogP contribution in [0.15, 0.2) is 12.2 Å². The molecule has 0 aromatic rings. The zero-order chi connectivity index (χ0) is 73.0. The highest BCUT2D eigenvalue weighted by atomic mass is 16.5. The fraction of sp³-hybridized carbons (Fsp3) is 0.812. The molecule has 2 saturated heterocycles. The molecule has 0 radical (unpaired) electrons. The molecular formula is C69H124N12O14. The van der Waals surface area contributed by atoms with Crippen LogP contribution in [0, 0.1) is 41.4 Å². The number of likely N-dealkylation sites (tertiary alicyclic amines) is 1. The van der Waals surface area contributed by atoms with Gasteiger partial charge in [-0.25, -0.2) is 0 Å². The van der Waals surface area contributed by atoms with Crippen molar-refractivity contribution in [3.63, 3.8) is 0 Å². The molecule has 0 aromatic heterocycles. The third-order valence-electron chi connectivity index (χ3n) is 18.4. The Labute approximate surface area is 568 Å². The van der Waals surface area contributed by atoms with Gasteiger partial charge >= 0.3 is 0 Å². The van der Waals surface area contributed by atoms with Gasteiger partial charge in [-0.3, -0.25) is 52.7 Å². The van der Waals surface area contributed by atoms with Crippen molar-refractivity contribution in [2.75, 3.05) is 75.6 Å². The maximum atomic E-state index is 15.4. The first-order valence-electron chi connectivity index (χ1n) is 34.5. The van der Waals surface area contributed by atoms with Gasteiger partial charge in [0.05, 0.1) is 18.8 Å². The molecule has 0 aromatic carbocycles. The number of allylic oxidation sites excluding steroid dienone is 2. The molecule has 0 saturated carbocycles. The number of hydrogen-bond acceptors (Lipinski definition) is 15. The molecule has 544 valence electrons. The summed E-state index contributed by atoms with van der Waals surface area (Å²) in [6, 6.07) is -12.9. The predicted molar refractivity (Wildman–Crippen MR) is 365 cm³/mol. The van der Waals surface area contributed by atoms with E-state index in [4.69, 9.17) is 4.74 Å². The number of nitrogens with one attached hydrogen (secondary N) is 4. The molecular weight excluding hydrogens is 1220 g/mol. The highest BCUT2D eigenvalue weighted by molar-refractivity contribution is 6.00. The van der Waals surface area contributed by atoms with Crippen molar-refractivity contribution in [3.8, 4) is 0 Å². The van der Waals surface area contributed by atoms with Crippen molar-refractivity contribution in [2.45, 2.75) is 248 Å². The van der Waals surface area contributed by atoms with E-state index in [2.05, 4.69) is 21.3 Å². The zero-order valence-corrected chi connectivity index (χ0v) is 62.1. The normalized spacial score (nSPS) is 27.5. The first-order chi connectivity index (χ1) is 44.1. The molecule has 6 N–H and O–H groups in total. The van der Waals surface area contributed by atoms with E-state index < -0.39 is 162 Å². The number of carbonyl (C=O) groups excluding carboxylic acids is 11. The van der Waals surface area contributed by atoms with Crippen molar-refractivity contribution in [2.24, 2.45) is 41.4 Å². The van der Waals surface area contributed by atoms with Crippen LogP contribution in [0.1, 0.15) is 169 Å². The van der Waals surface area contributed by atoms with Crippen LogP contribution < -0.4 is 21.3 Å². The van der Waals surface area contributed by atoms with Crippen LogP contribution in [0.5, 0.6) is 0 Å². The molecule has 2 aliphatic heterocycles. The van der Waals surface area contributed by atoms with Gasteiger partial charge in [0.1, 0.15) is 60.4 Å². The lowest BCUT2D eigenvalue weighted by Gasteiger charge is -2.41. The first kappa shape index (κ1) is 84.8. The van der Waals surface area contributed by atoms with Crippen molar-refractivity contribution < 1.29 is 67.7 Å². The Bertz CT molecular complexity index is 2590. The molecule has 0 spiro atoms. The number of nitrogens with zero attached hydrogens (tertiary/aromatic N) is 8. The second kappa shape index (κ2) is 39.2. The summed E-state index contributed by atoms with van der Waals surface area (Å²) in [5.41, 5.74) is 0. The summed E-state index contributed by atoms with van der Waals surface area (Å²) in [6.07, 6.45) is 1.58. The SMILES string of the molecule is C/C=C/C[C@@H](C)[C@@H](O)[C@H]1C(=O)N[C@@H](CC)C(=O)N(C)[C@H](OCCN2CCC(O)CC2)C(=O)N(C)[C@@H](CC(C)C)C(=O)N[C@@H](C(C)C)C(=O)N(C)[C@@H](CC(C)C)C(=O)N[C@@H](C)C(=O)N[C@H](C)C(=O)N(C)[C@@H](CC(C)C)C(=O)N(C)[C@@H](CC(C)C)C(=O)N(C)[C@@H](C(C)C)C(=O)N1C. The van der Waals surface area contributed by atoms with Gasteiger partial charge in [-0.1, -0.05) is 109 Å². The Kier molecular flexibility index (Phi) is 35.0. The minimum absolute atomic E-state index is 0.0577. The molecule has 0 aliphatic carbocycles. The monoisotopic (exact) mass is 1340 g/mol. The average Bonchev–Trinajstić information content (AvgIpc) is 0.814. The van der Waals surface area contributed by atoms with Gasteiger partial charge in [-0.05, 0) is 114 Å². The molecule has 0 bridgehead atoms. The van der Waals surface area contributed by atoms with E-state index in [-0.39, 0.29) is 68.8 Å². The lowest BCUT2D eigenvalue weighted by Crippen LogP contribution is -2.64. The van der Waals surface area contributed by atoms with E-state index in [0.717, 1.165) is 9.80 Å². The average molecular weight is 1350 g/mol. The number of likely N-dealkylation sites (N-methyl/N-ethyl adjacent to an activating group) is 7. The molecule has 26 heteroatoms. The number of aliphatic hydroxyl groups excluding tert-OH is 2. The molecule has 26 nitrogen and oxygen atoms in total. The minimum atomic E-state index is -1.71. The Balaban J connectivity index is 3.10. The summed E-state index contributed by atoms with van der Waals surface area (Å²) in [7, 11) is 9.83. The molecule has 2 heterocycles. The van der Waals surface area contributed by atoms with Gasteiger partial charge in [-0.2, -0.15) is 0 Å². The Morgan fingerprint density at radius 2 is 0.916 bits per heavy atom. The quantitative estimate of drug-likeness (QED) is 0.101. The Hall–Kier alpha value is -6.25. The van der Waals surface area contributed by atoms with Crippen LogP contribution >= 0.6 is 0 Å². The summed E-state index contributed by atoms with van der Waals surface area (Å²) in [5, 5.41) is 33.6. The van der Waals surface area contributed by atoms with Crippen LogP contribution in [0.4, 0.5) is 0 Å². The topological polar surface area (TPSA) is 312 Å². The van der Waals surface area contributed by atoms with Gasteiger partial charge in [-0.15, -0.1) is 0 Å². The van der Waals surface area contributed by atoms with Crippen LogP contribution in [0.3, 0.4) is 0 Å². The lowest BCUT2D eigenvalue weighted by molar-refractivity contribution is -0.168. The first-order valence-corrected chi connectivity index (χ1v) is 34.5. The van der Waals surface area contributed by atoms with Crippen LogP contribution in [0.2, 0.25) is 0 Å². The molecule has 95 heavy (non-hydrogen) atoms. The third kappa shape index (κ3) is 24.1. The van der Waals surface area contributed by atoms with Crippen LogP contribution in [0.25, 0.3) is 0 Å². The number of amides is 11. The number of rotatable bonds is 19. The summed E-state index contributed by atoms with van der Waals surface area (Å²) < 4.78 is 6.39. The number of carbonyl (C=O) groups is 11. The summed E-state index contributed by atoms with van der Waals surface area (Å²) in [5.74, 6) is -10.5.